The Balaban J connectivity index is 2.19. The van der Waals surface area contributed by atoms with Crippen LogP contribution in [-0.2, 0) is 9.53 Å². The summed E-state index contributed by atoms with van der Waals surface area (Å²) < 4.78 is 4.66. The van der Waals surface area contributed by atoms with Gasteiger partial charge in [0, 0.05) is 17.7 Å². The lowest BCUT2D eigenvalue weighted by Gasteiger charge is -2.34. The molecule has 1 amide bonds. The quantitative estimate of drug-likeness (QED) is 0.588. The van der Waals surface area contributed by atoms with E-state index in [1.54, 1.807) is 0 Å². The molecule has 2 heterocycles. The Morgan fingerprint density at radius 3 is 2.93 bits per heavy atom. The van der Waals surface area contributed by atoms with Gasteiger partial charge in [-0.3, -0.25) is 9.69 Å². The first-order chi connectivity index (χ1) is 7.13. The third-order valence-electron chi connectivity index (χ3n) is 2.42. The lowest BCUT2D eigenvalue weighted by atomic mass is 10.0. The van der Waals surface area contributed by atoms with Crippen LogP contribution in [0.25, 0.3) is 0 Å². The molecule has 0 radical (unpaired) electrons. The third-order valence-corrected chi connectivity index (χ3v) is 3.40. The second-order valence-corrected chi connectivity index (χ2v) is 4.71. The molecule has 15 heavy (non-hydrogen) atoms. The number of carbonyl (C=O) groups excluding carboxylic acids is 1. The molecule has 0 aliphatic carbocycles. The van der Waals surface area contributed by atoms with E-state index < -0.39 is 6.16 Å². The van der Waals surface area contributed by atoms with Gasteiger partial charge in [-0.25, -0.2) is 4.79 Å². The fraction of sp³-hybridized carbons (Fsp3) is 0.556. The molecule has 6 heteroatoms. The van der Waals surface area contributed by atoms with Gasteiger partial charge in [0.1, 0.15) is 0 Å². The van der Waals surface area contributed by atoms with Gasteiger partial charge in [-0.05, 0) is 5.75 Å². The van der Waals surface area contributed by atoms with E-state index in [0.29, 0.717) is 6.42 Å². The van der Waals surface area contributed by atoms with E-state index in [1.165, 1.54) is 16.7 Å². The molecule has 1 fully saturated rings. The molecule has 0 aromatic carbocycles. The average Bonchev–Trinajstić information content (AvgIpc) is 2.38. The Morgan fingerprint density at radius 1 is 1.67 bits per heavy atom. The molecule has 1 saturated heterocycles. The van der Waals surface area contributed by atoms with Crippen molar-refractivity contribution in [1.29, 1.82) is 0 Å². The van der Waals surface area contributed by atoms with E-state index in [0.717, 1.165) is 17.1 Å². The van der Waals surface area contributed by atoms with Crippen molar-refractivity contribution < 1.29 is 19.4 Å². The van der Waals surface area contributed by atoms with Gasteiger partial charge in [-0.2, -0.15) is 0 Å². The van der Waals surface area contributed by atoms with Gasteiger partial charge in [0.15, 0.2) is 0 Å². The molecular formula is C9H11NO4S. The molecule has 1 atom stereocenters. The molecule has 1 unspecified atom stereocenters. The van der Waals surface area contributed by atoms with Crippen LogP contribution in [0.5, 0.6) is 0 Å². The topological polar surface area (TPSA) is 66.8 Å². The van der Waals surface area contributed by atoms with Crippen LogP contribution in [0.3, 0.4) is 0 Å². The molecule has 0 saturated carbocycles. The van der Waals surface area contributed by atoms with Crippen LogP contribution >= 0.6 is 11.8 Å². The maximum atomic E-state index is 11.3. The van der Waals surface area contributed by atoms with E-state index in [2.05, 4.69) is 4.74 Å². The number of rotatable bonds is 3. The van der Waals surface area contributed by atoms with E-state index in [4.69, 9.17) is 5.11 Å². The Labute approximate surface area is 91.1 Å². The van der Waals surface area contributed by atoms with Crippen LogP contribution in [-0.4, -0.2) is 33.9 Å². The van der Waals surface area contributed by atoms with Gasteiger partial charge in [0.25, 0.3) is 0 Å². The predicted molar refractivity (Wildman–Crippen MR) is 54.1 cm³/mol. The van der Waals surface area contributed by atoms with Gasteiger partial charge in [-0.1, -0.05) is 6.92 Å². The Kier molecular flexibility index (Phi) is 2.60. The summed E-state index contributed by atoms with van der Waals surface area (Å²) in [4.78, 5) is 24.1. The van der Waals surface area contributed by atoms with Crippen LogP contribution in [0.15, 0.2) is 10.8 Å². The standard InChI is InChI=1S/C9H11NO4S/c1-2-15-6-3-5-4-7(11)10(5)8(6)14-9(12)13/h5H,2-4H2,1H3,(H,12,13). The Bertz CT molecular complexity index is 352. The number of β-lactam (4-membered cyclic amide) rings is 1. The summed E-state index contributed by atoms with van der Waals surface area (Å²) in [5, 5.41) is 8.57. The normalized spacial score (nSPS) is 23.9. The molecule has 2 aliphatic heterocycles. The smallest absolute Gasteiger partial charge is 0.449 e. The lowest BCUT2D eigenvalue weighted by Crippen LogP contribution is -2.48. The summed E-state index contributed by atoms with van der Waals surface area (Å²) in [6, 6.07) is 0.126. The van der Waals surface area contributed by atoms with Crippen LogP contribution in [0.4, 0.5) is 4.79 Å². The summed E-state index contributed by atoms with van der Waals surface area (Å²) in [5.74, 6) is 1.02. The van der Waals surface area contributed by atoms with Gasteiger partial charge >= 0.3 is 6.16 Å². The summed E-state index contributed by atoms with van der Waals surface area (Å²) in [7, 11) is 0. The van der Waals surface area contributed by atoms with Crippen molar-refractivity contribution in [3.63, 3.8) is 0 Å². The minimum absolute atomic E-state index is 0.0528. The van der Waals surface area contributed by atoms with Crippen molar-refractivity contribution in [2.45, 2.75) is 25.8 Å². The van der Waals surface area contributed by atoms with Crippen LogP contribution < -0.4 is 0 Å². The number of ether oxygens (including phenoxy) is 1. The molecule has 0 aromatic rings. The van der Waals surface area contributed by atoms with E-state index >= 15 is 0 Å². The number of amides is 1. The maximum Gasteiger partial charge on any atom is 0.512 e. The van der Waals surface area contributed by atoms with Crippen LogP contribution in [0, 0.1) is 0 Å². The first-order valence-corrected chi connectivity index (χ1v) is 5.70. The molecule has 5 nitrogen and oxygen atoms in total. The zero-order valence-corrected chi connectivity index (χ0v) is 9.04. The number of thioether (sulfide) groups is 1. The number of fused-ring (bicyclic) bond motifs is 1. The summed E-state index contributed by atoms with van der Waals surface area (Å²) in [5.41, 5.74) is 0. The first kappa shape index (κ1) is 10.4. The second-order valence-electron chi connectivity index (χ2n) is 3.36. The molecule has 0 aromatic heterocycles. The van der Waals surface area contributed by atoms with Crippen molar-refractivity contribution in [2.24, 2.45) is 0 Å². The van der Waals surface area contributed by atoms with Gasteiger partial charge in [-0.15, -0.1) is 11.8 Å². The zero-order chi connectivity index (χ0) is 11.0. The second kappa shape index (κ2) is 3.77. The van der Waals surface area contributed by atoms with E-state index in [9.17, 15) is 9.59 Å². The minimum Gasteiger partial charge on any atom is -0.449 e. The maximum absolute atomic E-state index is 11.3. The van der Waals surface area contributed by atoms with Crippen molar-refractivity contribution in [3.8, 4) is 0 Å². The third kappa shape index (κ3) is 1.69. The van der Waals surface area contributed by atoms with Gasteiger partial charge in [0.05, 0.1) is 6.04 Å². The average molecular weight is 229 g/mol. The molecule has 2 aliphatic rings. The van der Waals surface area contributed by atoms with E-state index in [1.807, 2.05) is 6.92 Å². The van der Waals surface area contributed by atoms with Crippen molar-refractivity contribution in [2.75, 3.05) is 5.75 Å². The molecule has 82 valence electrons. The van der Waals surface area contributed by atoms with Gasteiger partial charge < -0.3 is 9.84 Å². The number of hydrogen-bond donors (Lipinski definition) is 1. The largest absolute Gasteiger partial charge is 0.512 e. The zero-order valence-electron chi connectivity index (χ0n) is 8.23. The molecule has 0 bridgehead atoms. The summed E-state index contributed by atoms with van der Waals surface area (Å²) in [6.07, 6.45) is -0.132. The highest BCUT2D eigenvalue weighted by molar-refractivity contribution is 8.03. The van der Waals surface area contributed by atoms with E-state index in [-0.39, 0.29) is 17.8 Å². The highest BCUT2D eigenvalue weighted by Gasteiger charge is 2.47. The fourth-order valence-electron chi connectivity index (χ4n) is 1.84. The van der Waals surface area contributed by atoms with Crippen molar-refractivity contribution in [1.82, 2.24) is 4.90 Å². The Morgan fingerprint density at radius 2 is 2.40 bits per heavy atom. The SMILES string of the molecule is CCSC1=C(OC(=O)O)N2C(=O)CC2C1. The monoisotopic (exact) mass is 229 g/mol. The van der Waals surface area contributed by atoms with Crippen molar-refractivity contribution >= 4 is 23.8 Å². The highest BCUT2D eigenvalue weighted by atomic mass is 32.2. The molecule has 0 spiro atoms. The molecular weight excluding hydrogens is 218 g/mol. The molecule has 2 rings (SSSR count). The predicted octanol–water partition coefficient (Wildman–Crippen LogP) is 1.61. The number of nitrogens with zero attached hydrogens (tertiary/aromatic N) is 1. The summed E-state index contributed by atoms with van der Waals surface area (Å²) in [6.45, 7) is 1.98. The highest BCUT2D eigenvalue weighted by Crippen LogP contribution is 2.43. The molecule has 1 N–H and O–H groups in total. The van der Waals surface area contributed by atoms with Crippen LogP contribution in [0.1, 0.15) is 19.8 Å². The number of carboxylic acid groups (broad SMARTS) is 1. The first-order valence-electron chi connectivity index (χ1n) is 4.72. The minimum atomic E-state index is -1.36. The van der Waals surface area contributed by atoms with Crippen molar-refractivity contribution in [3.05, 3.63) is 10.8 Å². The summed E-state index contributed by atoms with van der Waals surface area (Å²) >= 11 is 1.54. The number of carbonyl (C=O) groups is 2. The lowest BCUT2D eigenvalue weighted by molar-refractivity contribution is -0.144. The van der Waals surface area contributed by atoms with Gasteiger partial charge in [0.2, 0.25) is 11.8 Å². The van der Waals surface area contributed by atoms with Crippen LogP contribution in [0.2, 0.25) is 0 Å². The Hall–Kier alpha value is -1.17. The fourth-order valence-corrected chi connectivity index (χ4v) is 2.77. The number of hydrogen-bond acceptors (Lipinski definition) is 4.